The molecule has 1 heterocycles. The van der Waals surface area contributed by atoms with Gasteiger partial charge in [0.05, 0.1) is 11.8 Å². The third-order valence-electron chi connectivity index (χ3n) is 7.19. The zero-order valence-electron chi connectivity index (χ0n) is 20.1. The molecular weight excluding hydrogens is 418 g/mol. The molecule has 1 aliphatic carbocycles. The minimum Gasteiger partial charge on any atom is -0.396 e. The van der Waals surface area contributed by atoms with Crippen molar-refractivity contribution in [3.63, 3.8) is 0 Å². The Morgan fingerprint density at radius 3 is 2.36 bits per heavy atom. The van der Waals surface area contributed by atoms with Gasteiger partial charge in [-0.1, -0.05) is 37.3 Å². The molecule has 1 aliphatic heterocycles. The highest BCUT2D eigenvalue weighted by Crippen LogP contribution is 2.45. The van der Waals surface area contributed by atoms with E-state index < -0.39 is 17.9 Å². The summed E-state index contributed by atoms with van der Waals surface area (Å²) in [7, 11) is 1.60. The van der Waals surface area contributed by atoms with Crippen LogP contribution in [0, 0.1) is 37.5 Å². The van der Waals surface area contributed by atoms with Crippen LogP contribution in [0.4, 0.5) is 5.69 Å². The Morgan fingerprint density at radius 1 is 1.06 bits per heavy atom. The van der Waals surface area contributed by atoms with Gasteiger partial charge in [0.2, 0.25) is 17.7 Å². The van der Waals surface area contributed by atoms with Gasteiger partial charge < -0.3 is 20.6 Å². The van der Waals surface area contributed by atoms with E-state index in [2.05, 4.69) is 10.6 Å². The number of para-hydroxylation sites is 1. The third-order valence-corrected chi connectivity index (χ3v) is 7.19. The molecule has 1 aromatic carbocycles. The highest BCUT2D eigenvalue weighted by atomic mass is 16.3. The molecule has 0 spiro atoms. The fourth-order valence-electron chi connectivity index (χ4n) is 5.43. The predicted octanol–water partition coefficient (Wildman–Crippen LogP) is 2.81. The van der Waals surface area contributed by atoms with E-state index in [1.807, 2.05) is 51.1 Å². The van der Waals surface area contributed by atoms with Crippen molar-refractivity contribution in [1.29, 1.82) is 0 Å². The lowest BCUT2D eigenvalue weighted by atomic mass is 9.69. The Kier molecular flexibility index (Phi) is 8.30. The number of amides is 3. The molecule has 2 aliphatic rings. The molecule has 7 nitrogen and oxygen atoms in total. The standard InChI is InChI=1S/C26H37N3O4/c1-5-18-12-13-19-21(20(18)24(31)27-4)26(33)29(14-7-6-8-15-30)23(19)25(32)28-22-16(2)10-9-11-17(22)3/h9-13,18-21,23,30H,5-8,14-15H2,1-4H3,(H,27,31)(H,28,32)/t18-,19+,20-,21-,23+/m1/s1. The summed E-state index contributed by atoms with van der Waals surface area (Å²) in [5.41, 5.74) is 2.70. The normalized spacial score (nSPS) is 26.3. The van der Waals surface area contributed by atoms with Gasteiger partial charge in [0.15, 0.2) is 0 Å². The number of nitrogens with one attached hydrogen (secondary N) is 2. The Balaban J connectivity index is 1.96. The first kappa shape index (κ1) is 25.0. The summed E-state index contributed by atoms with van der Waals surface area (Å²) in [5.74, 6) is -1.92. The van der Waals surface area contributed by atoms with Gasteiger partial charge in [0, 0.05) is 31.8 Å². The van der Waals surface area contributed by atoms with Gasteiger partial charge in [-0.05, 0) is 56.6 Å². The van der Waals surface area contributed by atoms with E-state index in [-0.39, 0.29) is 36.2 Å². The SMILES string of the molecule is CC[C@@H]1C=C[C@H]2[C@@H](C(=O)N(CCCCCO)[C@@H]2C(=O)Nc2c(C)cccc2C)[C@@H]1C(=O)NC. The number of anilines is 1. The van der Waals surface area contributed by atoms with E-state index in [9.17, 15) is 14.4 Å². The number of aryl methyl sites for hydroxylation is 2. The summed E-state index contributed by atoms with van der Waals surface area (Å²) in [4.78, 5) is 41.8. The number of nitrogens with zero attached hydrogens (tertiary/aromatic N) is 1. The molecule has 3 N–H and O–H groups in total. The molecular formula is C26H37N3O4. The van der Waals surface area contributed by atoms with Gasteiger partial charge in [0.1, 0.15) is 6.04 Å². The van der Waals surface area contributed by atoms with Crippen molar-refractivity contribution >= 4 is 23.4 Å². The summed E-state index contributed by atoms with van der Waals surface area (Å²) in [6.07, 6.45) is 6.88. The molecule has 3 amide bonds. The van der Waals surface area contributed by atoms with Crippen LogP contribution >= 0.6 is 0 Å². The van der Waals surface area contributed by atoms with Crippen molar-refractivity contribution in [3.8, 4) is 0 Å². The van der Waals surface area contributed by atoms with E-state index in [0.29, 0.717) is 19.4 Å². The molecule has 1 fully saturated rings. The van der Waals surface area contributed by atoms with Crippen LogP contribution in [-0.2, 0) is 14.4 Å². The number of benzene rings is 1. The first-order chi connectivity index (χ1) is 15.8. The Bertz CT molecular complexity index is 893. The van der Waals surface area contributed by atoms with Crippen LogP contribution in [-0.4, -0.2) is 54.0 Å². The van der Waals surface area contributed by atoms with Crippen molar-refractivity contribution in [3.05, 3.63) is 41.5 Å². The maximum atomic E-state index is 13.7. The summed E-state index contributed by atoms with van der Waals surface area (Å²) in [6.45, 7) is 6.46. The van der Waals surface area contributed by atoms with Gasteiger partial charge in [0.25, 0.3) is 0 Å². The molecule has 0 saturated carbocycles. The zero-order valence-corrected chi connectivity index (χ0v) is 20.1. The number of carbonyl (C=O) groups excluding carboxylic acids is 3. The monoisotopic (exact) mass is 455 g/mol. The van der Waals surface area contributed by atoms with E-state index in [1.54, 1.807) is 11.9 Å². The van der Waals surface area contributed by atoms with Crippen molar-refractivity contribution < 1.29 is 19.5 Å². The number of likely N-dealkylation sites (tertiary alicyclic amines) is 1. The Hall–Kier alpha value is -2.67. The second-order valence-corrected chi connectivity index (χ2v) is 9.22. The zero-order chi connectivity index (χ0) is 24.1. The number of hydrogen-bond acceptors (Lipinski definition) is 4. The smallest absolute Gasteiger partial charge is 0.247 e. The highest BCUT2D eigenvalue weighted by molar-refractivity contribution is 6.02. The van der Waals surface area contributed by atoms with Crippen LogP contribution in [0.25, 0.3) is 0 Å². The molecule has 3 rings (SSSR count). The van der Waals surface area contributed by atoms with E-state index >= 15 is 0 Å². The minimum absolute atomic E-state index is 0.0354. The van der Waals surface area contributed by atoms with Gasteiger partial charge in [-0.3, -0.25) is 14.4 Å². The van der Waals surface area contributed by atoms with Gasteiger partial charge in [-0.2, -0.15) is 0 Å². The molecule has 0 aromatic heterocycles. The first-order valence-electron chi connectivity index (χ1n) is 12.0. The van der Waals surface area contributed by atoms with E-state index in [4.69, 9.17) is 5.11 Å². The van der Waals surface area contributed by atoms with Crippen molar-refractivity contribution in [1.82, 2.24) is 10.2 Å². The van der Waals surface area contributed by atoms with Crippen LogP contribution in [0.1, 0.15) is 43.7 Å². The highest BCUT2D eigenvalue weighted by Gasteiger charge is 2.56. The van der Waals surface area contributed by atoms with Crippen LogP contribution in [0.5, 0.6) is 0 Å². The van der Waals surface area contributed by atoms with Crippen molar-refractivity contribution in [2.75, 3.05) is 25.5 Å². The third kappa shape index (κ3) is 4.98. The lowest BCUT2D eigenvalue weighted by molar-refractivity contribution is -0.140. The van der Waals surface area contributed by atoms with Gasteiger partial charge >= 0.3 is 0 Å². The number of aliphatic hydroxyl groups is 1. The number of aliphatic hydroxyl groups excluding tert-OH is 1. The quantitative estimate of drug-likeness (QED) is 0.394. The number of unbranched alkanes of at least 4 members (excludes halogenated alkanes) is 2. The fraction of sp³-hybridized carbons (Fsp3) is 0.577. The Morgan fingerprint density at radius 2 is 1.76 bits per heavy atom. The number of rotatable bonds is 9. The van der Waals surface area contributed by atoms with Crippen molar-refractivity contribution in [2.45, 2.75) is 52.5 Å². The molecule has 0 unspecified atom stereocenters. The summed E-state index contributed by atoms with van der Waals surface area (Å²) in [6, 6.07) is 5.18. The first-order valence-corrected chi connectivity index (χ1v) is 12.0. The fourth-order valence-corrected chi connectivity index (χ4v) is 5.43. The topological polar surface area (TPSA) is 98.7 Å². The van der Waals surface area contributed by atoms with Crippen LogP contribution in [0.2, 0.25) is 0 Å². The van der Waals surface area contributed by atoms with E-state index in [1.165, 1.54) is 0 Å². The maximum absolute atomic E-state index is 13.7. The lowest BCUT2D eigenvalue weighted by Gasteiger charge is -2.33. The molecule has 1 aromatic rings. The number of hydrogen-bond donors (Lipinski definition) is 3. The summed E-state index contributed by atoms with van der Waals surface area (Å²) < 4.78 is 0. The molecule has 5 atom stereocenters. The number of allylic oxidation sites excluding steroid dienone is 1. The van der Waals surface area contributed by atoms with Gasteiger partial charge in [-0.15, -0.1) is 0 Å². The van der Waals surface area contributed by atoms with Crippen LogP contribution in [0.3, 0.4) is 0 Å². The maximum Gasteiger partial charge on any atom is 0.247 e. The average molecular weight is 456 g/mol. The second-order valence-electron chi connectivity index (χ2n) is 9.22. The van der Waals surface area contributed by atoms with Crippen LogP contribution < -0.4 is 10.6 Å². The van der Waals surface area contributed by atoms with Crippen LogP contribution in [0.15, 0.2) is 30.4 Å². The second kappa shape index (κ2) is 11.0. The average Bonchev–Trinajstić information content (AvgIpc) is 3.09. The van der Waals surface area contributed by atoms with Gasteiger partial charge in [-0.25, -0.2) is 0 Å². The minimum atomic E-state index is -0.670. The molecule has 0 radical (unpaired) electrons. The van der Waals surface area contributed by atoms with Crippen molar-refractivity contribution in [2.24, 2.45) is 23.7 Å². The molecule has 0 bridgehead atoms. The molecule has 1 saturated heterocycles. The number of carbonyl (C=O) groups is 3. The molecule has 33 heavy (non-hydrogen) atoms. The Labute approximate surface area is 196 Å². The predicted molar refractivity (Wildman–Crippen MR) is 128 cm³/mol. The summed E-state index contributed by atoms with van der Waals surface area (Å²) in [5, 5.41) is 14.9. The molecule has 7 heteroatoms. The van der Waals surface area contributed by atoms with E-state index in [0.717, 1.165) is 29.7 Å². The largest absolute Gasteiger partial charge is 0.396 e. The summed E-state index contributed by atoms with van der Waals surface area (Å²) >= 11 is 0. The lowest BCUT2D eigenvalue weighted by Crippen LogP contribution is -2.45. The molecule has 180 valence electrons. The number of fused-ring (bicyclic) bond motifs is 1.